The maximum Gasteiger partial charge on any atom is 1.00 e. The molecule has 264 valence electrons. The molecular formula is C26H37N9NaO12P. The van der Waals surface area contributed by atoms with Crippen molar-refractivity contribution in [3.8, 4) is 0 Å². The van der Waals surface area contributed by atoms with Crippen molar-refractivity contribution in [1.82, 2.24) is 34.2 Å². The molecule has 3 aromatic heterocycles. The van der Waals surface area contributed by atoms with Gasteiger partial charge < -0.3 is 45.8 Å². The number of rotatable bonds is 16. The molecular weight excluding hydrogens is 684 g/mol. The standard InChI is InChI=1S/C26H38N9O12P.Na/c1-43-20-19(15(10-36)46-24(20)35-12-29-18-21(35)32-25(28)33-22(18)40)47-48(42,30-7-4-2-3-5-17(38)39)44-11-13-9-14(37)23(45-13)34-8-6-16(27)31-26(34)41;/h6,8,12-15,19-20,23-24,36-37H,2-5,7,9-11H2,1H3,(H,30,42)(H,38,39)(H2,27,31,41)(H3,28,32,33,40);/q;+1/p-1/t13-,14+,15+,19+,20+,23+,24+,48?;/m0./s1. The molecule has 0 amide bonds. The van der Waals surface area contributed by atoms with Gasteiger partial charge in [0.05, 0.1) is 25.6 Å². The van der Waals surface area contributed by atoms with Crippen molar-refractivity contribution in [2.45, 2.75) is 75.1 Å². The molecule has 0 saturated carbocycles. The number of carbonyl (C=O) groups is 1. The van der Waals surface area contributed by atoms with Gasteiger partial charge >= 0.3 is 43.0 Å². The summed E-state index contributed by atoms with van der Waals surface area (Å²) in [7, 11) is -2.97. The van der Waals surface area contributed by atoms with Crippen molar-refractivity contribution in [3.63, 3.8) is 0 Å². The molecule has 49 heavy (non-hydrogen) atoms. The number of carboxylic acids is 1. The van der Waals surface area contributed by atoms with E-state index in [1.165, 1.54) is 30.3 Å². The van der Waals surface area contributed by atoms with Crippen molar-refractivity contribution in [2.24, 2.45) is 0 Å². The largest absolute Gasteiger partial charge is 1.00 e. The van der Waals surface area contributed by atoms with E-state index >= 15 is 0 Å². The Kier molecular flexibility index (Phi) is 13.5. The quantitative estimate of drug-likeness (QED) is 0.0456. The van der Waals surface area contributed by atoms with Gasteiger partial charge in [-0.1, -0.05) is 6.42 Å². The Morgan fingerprint density at radius 2 is 1.96 bits per heavy atom. The van der Waals surface area contributed by atoms with E-state index in [0.717, 1.165) is 4.57 Å². The summed E-state index contributed by atoms with van der Waals surface area (Å²) in [4.78, 5) is 49.6. The Hall–Kier alpha value is -2.79. The monoisotopic (exact) mass is 721 g/mol. The van der Waals surface area contributed by atoms with E-state index in [2.05, 4.69) is 25.0 Å². The number of carboxylic acid groups (broad SMARTS) is 1. The van der Waals surface area contributed by atoms with E-state index in [1.54, 1.807) is 0 Å². The molecule has 8 N–H and O–H groups in total. The molecule has 5 heterocycles. The van der Waals surface area contributed by atoms with E-state index < -0.39 is 74.5 Å². The summed E-state index contributed by atoms with van der Waals surface area (Å²) in [6.07, 6.45) is -3.90. The van der Waals surface area contributed by atoms with Crippen molar-refractivity contribution < 1.29 is 77.5 Å². The van der Waals surface area contributed by atoms with Crippen molar-refractivity contribution >= 4 is 36.6 Å². The van der Waals surface area contributed by atoms with Gasteiger partial charge in [0.1, 0.15) is 30.2 Å². The van der Waals surface area contributed by atoms with Gasteiger partial charge in [0.25, 0.3) is 5.56 Å². The number of nitrogen functional groups attached to an aromatic ring is 2. The number of fused-ring (bicyclic) bond motifs is 1. The molecule has 2 aliphatic rings. The number of H-pyrrole nitrogens is 1. The molecule has 0 bridgehead atoms. The summed E-state index contributed by atoms with van der Waals surface area (Å²) >= 11 is 0. The minimum absolute atomic E-state index is 0. The number of aromatic amines is 1. The number of aliphatic hydroxyl groups is 2. The van der Waals surface area contributed by atoms with E-state index in [9.17, 15) is 34.3 Å². The van der Waals surface area contributed by atoms with E-state index in [4.69, 9.17) is 34.7 Å². The fraction of sp³-hybridized carbons (Fsp3) is 0.615. The number of aliphatic hydroxyl groups excluding tert-OH is 2. The average Bonchev–Trinajstić information content (AvgIpc) is 3.72. The number of aliphatic carboxylic acids is 1. The molecule has 21 nitrogen and oxygen atoms in total. The third-order valence-corrected chi connectivity index (χ3v) is 9.43. The number of methoxy groups -OCH3 is 1. The average molecular weight is 722 g/mol. The second-order valence-corrected chi connectivity index (χ2v) is 13.0. The fourth-order valence-corrected chi connectivity index (χ4v) is 7.13. The molecule has 2 fully saturated rings. The maximum atomic E-state index is 14.3. The minimum Gasteiger partial charge on any atom is -0.550 e. The number of carbonyl (C=O) groups excluding carboxylic acids is 1. The molecule has 0 spiro atoms. The molecule has 0 aromatic carbocycles. The summed E-state index contributed by atoms with van der Waals surface area (Å²) < 4.78 is 46.1. The van der Waals surface area contributed by atoms with Crippen LogP contribution in [-0.4, -0.2) is 103 Å². The van der Waals surface area contributed by atoms with Crippen LogP contribution in [0.2, 0.25) is 0 Å². The molecule has 23 heteroatoms. The smallest absolute Gasteiger partial charge is 0.550 e. The number of anilines is 2. The van der Waals surface area contributed by atoms with Crippen LogP contribution in [0, 0.1) is 0 Å². The van der Waals surface area contributed by atoms with E-state index in [0.29, 0.717) is 19.3 Å². The zero-order valence-corrected chi connectivity index (χ0v) is 29.6. The number of ether oxygens (including phenoxy) is 3. The number of hydrogen-bond acceptors (Lipinski definition) is 17. The van der Waals surface area contributed by atoms with Gasteiger partial charge in [0.15, 0.2) is 23.6 Å². The Morgan fingerprint density at radius 3 is 2.65 bits per heavy atom. The molecule has 3 aromatic rings. The number of nitrogens with zero attached hydrogens (tertiary/aromatic N) is 5. The SMILES string of the molecule is CO[C@@H]1[C@H](OP(=O)(NCCCCCC(=O)[O-])OC[C@@H]2C[C@@H](O)[C@H](n3ccc(N)nc3=O)O2)[C@@H](CO)O[C@H]1n1cnc2c(=O)[nH]c(N)nc21.[Na+]. The fourth-order valence-electron chi connectivity index (χ4n) is 5.54. The number of unbranched alkanes of at least 4 members (excludes halogenated alkanes) is 2. The third kappa shape index (κ3) is 9.12. The van der Waals surface area contributed by atoms with Gasteiger partial charge in [-0.25, -0.2) is 19.4 Å². The molecule has 0 aliphatic carbocycles. The van der Waals surface area contributed by atoms with Gasteiger partial charge in [-0.2, -0.15) is 9.97 Å². The Bertz CT molecular complexity index is 1760. The van der Waals surface area contributed by atoms with Crippen LogP contribution in [0.5, 0.6) is 0 Å². The zero-order chi connectivity index (χ0) is 34.6. The van der Waals surface area contributed by atoms with Gasteiger partial charge in [-0.05, 0) is 25.3 Å². The van der Waals surface area contributed by atoms with Gasteiger partial charge in [0, 0.05) is 32.2 Å². The molecule has 5 rings (SSSR count). The van der Waals surface area contributed by atoms with Crippen LogP contribution in [0.4, 0.5) is 11.8 Å². The van der Waals surface area contributed by atoms with Crippen molar-refractivity contribution in [2.75, 3.05) is 38.3 Å². The predicted molar refractivity (Wildman–Crippen MR) is 162 cm³/mol. The molecule has 2 saturated heterocycles. The van der Waals surface area contributed by atoms with Crippen LogP contribution in [0.3, 0.4) is 0 Å². The molecule has 1 unspecified atom stereocenters. The molecule has 0 radical (unpaired) electrons. The first-order valence-corrected chi connectivity index (χ1v) is 16.5. The summed E-state index contributed by atoms with van der Waals surface area (Å²) in [6, 6.07) is 1.37. The number of nitrogens with two attached hydrogens (primary N) is 2. The second kappa shape index (κ2) is 16.9. The van der Waals surface area contributed by atoms with Crippen molar-refractivity contribution in [3.05, 3.63) is 39.4 Å². The second-order valence-electron chi connectivity index (χ2n) is 11.2. The van der Waals surface area contributed by atoms with E-state index in [1.807, 2.05) is 0 Å². The number of aromatic nitrogens is 6. The van der Waals surface area contributed by atoms with Crippen molar-refractivity contribution in [1.29, 1.82) is 0 Å². The number of imidazole rings is 1. The van der Waals surface area contributed by atoms with Gasteiger partial charge in [-0.15, -0.1) is 0 Å². The van der Waals surface area contributed by atoms with Gasteiger partial charge in [0.2, 0.25) is 5.95 Å². The molecule has 8 atom stereocenters. The number of hydrogen-bond donors (Lipinski definition) is 6. The Labute approximate surface area is 300 Å². The maximum absolute atomic E-state index is 14.3. The predicted octanol–water partition coefficient (Wildman–Crippen LogP) is -5.49. The number of nitrogens with one attached hydrogen (secondary N) is 2. The van der Waals surface area contributed by atoms with Gasteiger partial charge in [-0.3, -0.25) is 28.0 Å². The van der Waals surface area contributed by atoms with E-state index in [-0.39, 0.29) is 78.5 Å². The zero-order valence-electron chi connectivity index (χ0n) is 26.7. The summed E-state index contributed by atoms with van der Waals surface area (Å²) in [6.45, 7) is -0.891. The van der Waals surface area contributed by atoms with Crippen LogP contribution in [-0.2, 0) is 32.6 Å². The topological polar surface area (TPSA) is 306 Å². The summed E-state index contributed by atoms with van der Waals surface area (Å²) in [5.74, 6) is -1.36. The van der Waals surface area contributed by atoms with Crippen LogP contribution >= 0.6 is 7.75 Å². The first kappa shape index (κ1) is 39.0. The summed E-state index contributed by atoms with van der Waals surface area (Å²) in [5, 5.41) is 34.4. The first-order valence-electron chi connectivity index (χ1n) is 15.0. The van der Waals surface area contributed by atoms with Crippen LogP contribution in [0.1, 0.15) is 44.6 Å². The Morgan fingerprint density at radius 1 is 1.18 bits per heavy atom. The minimum atomic E-state index is -4.31. The van der Waals surface area contributed by atoms with Crippen LogP contribution in [0.25, 0.3) is 11.2 Å². The van der Waals surface area contributed by atoms with Crippen LogP contribution in [0.15, 0.2) is 28.2 Å². The normalized spacial score (nSPS) is 26.5. The van der Waals surface area contributed by atoms with Crippen LogP contribution < -0.4 is 62.5 Å². The first-order chi connectivity index (χ1) is 22.9. The summed E-state index contributed by atoms with van der Waals surface area (Å²) in [5.41, 5.74) is 10.00. The molecule has 2 aliphatic heterocycles. The Balaban J connectivity index is 0.00000541. The third-order valence-electron chi connectivity index (χ3n) is 7.81.